The molecule has 4 aromatic carbocycles. The summed E-state index contributed by atoms with van der Waals surface area (Å²) in [6.45, 7) is 14.2. The van der Waals surface area contributed by atoms with Crippen LogP contribution in [0.2, 0.25) is 18.1 Å². The van der Waals surface area contributed by atoms with Crippen LogP contribution in [0.15, 0.2) is 109 Å². The fourth-order valence-electron chi connectivity index (χ4n) is 5.51. The second-order valence-corrected chi connectivity index (χ2v) is 18.0. The number of aliphatic hydroxyl groups is 1. The summed E-state index contributed by atoms with van der Waals surface area (Å²) in [4.78, 5) is 0. The van der Waals surface area contributed by atoms with Gasteiger partial charge in [-0.3, -0.25) is 0 Å². The summed E-state index contributed by atoms with van der Waals surface area (Å²) < 4.78 is 18.9. The third kappa shape index (κ3) is 8.07. The van der Waals surface area contributed by atoms with Crippen LogP contribution in [0.4, 0.5) is 0 Å². The molecule has 0 amide bonds. The Hall–Kier alpha value is -4.10. The molecule has 0 fully saturated rings. The summed E-state index contributed by atoms with van der Waals surface area (Å²) >= 11 is 0. The predicted octanol–water partition coefficient (Wildman–Crippen LogP) is 9.23. The number of benzene rings is 4. The third-order valence-corrected chi connectivity index (χ3v) is 14.4. The third-order valence-electron chi connectivity index (χ3n) is 9.82. The predicted molar refractivity (Wildman–Crippen MR) is 194 cm³/mol. The molecular weight excluding hydrogens is 597 g/mol. The number of hydrogen-bond acceptors (Lipinski definition) is 4. The van der Waals surface area contributed by atoms with Gasteiger partial charge in [-0.2, -0.15) is 0 Å². The van der Waals surface area contributed by atoms with Gasteiger partial charge in [-0.25, -0.2) is 0 Å². The normalized spacial score (nSPS) is 13.3. The van der Waals surface area contributed by atoms with Crippen LogP contribution in [0.3, 0.4) is 0 Å². The molecule has 0 spiro atoms. The number of methoxy groups -OCH3 is 1. The van der Waals surface area contributed by atoms with Gasteiger partial charge in [0, 0.05) is 16.7 Å². The second-order valence-electron chi connectivity index (χ2n) is 13.4. The number of terminal acetylenes is 1. The van der Waals surface area contributed by atoms with Gasteiger partial charge in [0.15, 0.2) is 19.5 Å². The lowest BCUT2D eigenvalue weighted by Crippen LogP contribution is -2.45. The minimum atomic E-state index is -2.15. The lowest BCUT2D eigenvalue weighted by molar-refractivity contribution is 0.0124. The lowest BCUT2D eigenvalue weighted by Gasteiger charge is -2.42. The van der Waals surface area contributed by atoms with E-state index in [1.165, 1.54) is 0 Å². The van der Waals surface area contributed by atoms with Gasteiger partial charge in [0.25, 0.3) is 0 Å². The van der Waals surface area contributed by atoms with Gasteiger partial charge in [0.05, 0.1) is 26.7 Å². The molecule has 1 unspecified atom stereocenters. The van der Waals surface area contributed by atoms with Gasteiger partial charge in [0.2, 0.25) is 0 Å². The summed E-state index contributed by atoms with van der Waals surface area (Å²) in [5, 5.41) is 12.5. The number of hydrogen-bond donors (Lipinski definition) is 1. The van der Waals surface area contributed by atoms with E-state index < -0.39 is 19.5 Å². The van der Waals surface area contributed by atoms with E-state index in [1.807, 2.05) is 109 Å². The Kier molecular flexibility index (Phi) is 11.6. The lowest BCUT2D eigenvalue weighted by atomic mass is 9.83. The van der Waals surface area contributed by atoms with Crippen LogP contribution in [0.1, 0.15) is 61.9 Å². The minimum Gasteiger partial charge on any atom is -0.497 e. The van der Waals surface area contributed by atoms with Crippen LogP contribution in [-0.2, 0) is 33.6 Å². The van der Waals surface area contributed by atoms with E-state index in [1.54, 1.807) is 7.11 Å². The molecule has 1 N–H and O–H groups in total. The van der Waals surface area contributed by atoms with Gasteiger partial charge < -0.3 is 19.0 Å². The van der Waals surface area contributed by atoms with E-state index in [0.717, 1.165) is 28.0 Å². The van der Waals surface area contributed by atoms with Crippen molar-refractivity contribution in [2.24, 2.45) is 5.92 Å². The average molecular weight is 645 g/mol. The first-order valence-corrected chi connectivity index (χ1v) is 19.1. The van der Waals surface area contributed by atoms with Crippen LogP contribution in [0.5, 0.6) is 5.75 Å². The largest absolute Gasteiger partial charge is 0.497 e. The number of rotatable bonds is 13. The molecule has 1 atom stereocenters. The Morgan fingerprint density at radius 3 is 1.85 bits per heavy atom. The maximum Gasteiger partial charge on any atom is 0.193 e. The summed E-state index contributed by atoms with van der Waals surface area (Å²) in [5.74, 6) is 10.6. The van der Waals surface area contributed by atoms with Crippen molar-refractivity contribution < 1.29 is 19.0 Å². The molecule has 4 aromatic rings. The average Bonchev–Trinajstić information content (AvgIpc) is 3.09. The van der Waals surface area contributed by atoms with E-state index in [2.05, 4.69) is 58.6 Å². The Labute approximate surface area is 283 Å². The zero-order valence-corrected chi connectivity index (χ0v) is 29.8. The highest BCUT2D eigenvalue weighted by molar-refractivity contribution is 6.74. The van der Waals surface area contributed by atoms with E-state index in [9.17, 15) is 5.11 Å². The van der Waals surface area contributed by atoms with Gasteiger partial charge in [-0.05, 0) is 47.3 Å². The summed E-state index contributed by atoms with van der Waals surface area (Å²) in [6.07, 6.45) is 5.91. The summed E-state index contributed by atoms with van der Waals surface area (Å²) in [5.41, 5.74) is 1.28. The maximum atomic E-state index is 12.4. The SMILES string of the molecule is C#CCC(O)(C#CC(OCc1ccc(OC)cc1)(c1ccccc1)c1ccccc1)c1ccccc1CO[Si](C)(C)C(C)(C)C(C)C. The van der Waals surface area contributed by atoms with E-state index >= 15 is 0 Å². The van der Waals surface area contributed by atoms with Gasteiger partial charge >= 0.3 is 0 Å². The van der Waals surface area contributed by atoms with Gasteiger partial charge in [-0.1, -0.05) is 137 Å². The molecule has 4 rings (SSSR count). The van der Waals surface area contributed by atoms with Crippen LogP contribution in [0.25, 0.3) is 0 Å². The summed E-state index contributed by atoms with van der Waals surface area (Å²) in [6, 6.07) is 35.3. The standard InChI is InChI=1S/C42H48O4Si/c1-9-28-41(43,39-23-17-16-18-35(39)32-46-47(7,8)40(4,5)33(2)3)29-30-42(36-19-12-10-13-20-36,37-21-14-11-15-22-37)45-31-34-24-26-38(44-6)27-25-34/h1,10-27,33,43H,28,31-32H2,2-8H3. The van der Waals surface area contributed by atoms with Gasteiger partial charge in [0.1, 0.15) is 5.75 Å². The van der Waals surface area contributed by atoms with E-state index in [0.29, 0.717) is 18.1 Å². The number of ether oxygens (including phenoxy) is 2. The van der Waals surface area contributed by atoms with Gasteiger partial charge in [-0.15, -0.1) is 12.3 Å². The van der Waals surface area contributed by atoms with Crippen molar-refractivity contribution in [2.75, 3.05) is 7.11 Å². The molecule has 5 heteroatoms. The van der Waals surface area contributed by atoms with Crippen molar-refractivity contribution in [3.63, 3.8) is 0 Å². The maximum absolute atomic E-state index is 12.4. The molecule has 244 valence electrons. The quantitative estimate of drug-likeness (QED) is 0.116. The van der Waals surface area contributed by atoms with E-state index in [-0.39, 0.29) is 18.1 Å². The minimum absolute atomic E-state index is 0.00649. The van der Waals surface area contributed by atoms with Crippen molar-refractivity contribution in [3.8, 4) is 29.9 Å². The molecule has 0 radical (unpaired) electrons. The molecule has 0 saturated heterocycles. The zero-order chi connectivity index (χ0) is 34.1. The van der Waals surface area contributed by atoms with Crippen LogP contribution in [0, 0.1) is 30.1 Å². The molecule has 4 nitrogen and oxygen atoms in total. The molecule has 0 aliphatic carbocycles. The van der Waals surface area contributed by atoms with Crippen LogP contribution >= 0.6 is 0 Å². The zero-order valence-electron chi connectivity index (χ0n) is 28.8. The Morgan fingerprint density at radius 2 is 1.32 bits per heavy atom. The highest BCUT2D eigenvalue weighted by Crippen LogP contribution is 2.45. The van der Waals surface area contributed by atoms with Crippen LogP contribution < -0.4 is 4.74 Å². The topological polar surface area (TPSA) is 47.9 Å². The Morgan fingerprint density at radius 1 is 0.766 bits per heavy atom. The second kappa shape index (κ2) is 15.2. The molecule has 47 heavy (non-hydrogen) atoms. The van der Waals surface area contributed by atoms with Crippen LogP contribution in [-0.4, -0.2) is 20.5 Å². The molecule has 0 heterocycles. The Balaban J connectivity index is 1.83. The highest BCUT2D eigenvalue weighted by Gasteiger charge is 2.43. The molecule has 0 aliphatic rings. The molecule has 0 bridgehead atoms. The first-order chi connectivity index (χ1) is 22.4. The molecular formula is C42H48O4Si. The van der Waals surface area contributed by atoms with Crippen molar-refractivity contribution in [1.29, 1.82) is 0 Å². The van der Waals surface area contributed by atoms with Crippen molar-refractivity contribution in [2.45, 2.75) is 76.7 Å². The molecule has 0 aromatic heterocycles. The first kappa shape index (κ1) is 35.7. The van der Waals surface area contributed by atoms with Crippen molar-refractivity contribution >= 4 is 8.32 Å². The first-order valence-electron chi connectivity index (χ1n) is 16.2. The Bertz CT molecular complexity index is 1650. The monoisotopic (exact) mass is 644 g/mol. The van der Waals surface area contributed by atoms with Crippen molar-refractivity contribution in [3.05, 3.63) is 137 Å². The summed E-state index contributed by atoms with van der Waals surface area (Å²) in [7, 11) is -0.502. The fraction of sp³-hybridized carbons (Fsp3) is 0.333. The van der Waals surface area contributed by atoms with Crippen molar-refractivity contribution in [1.82, 2.24) is 0 Å². The fourth-order valence-corrected chi connectivity index (χ4v) is 7.79. The molecule has 0 aliphatic heterocycles. The smallest absolute Gasteiger partial charge is 0.193 e. The molecule has 0 saturated carbocycles. The van der Waals surface area contributed by atoms with E-state index in [4.69, 9.17) is 20.3 Å². The highest BCUT2D eigenvalue weighted by atomic mass is 28.4.